The van der Waals surface area contributed by atoms with Crippen molar-refractivity contribution in [2.24, 2.45) is 5.73 Å². The molecular weight excluding hydrogens is 279 g/mol. The van der Waals surface area contributed by atoms with E-state index in [1.54, 1.807) is 24.9 Å². The number of amides is 1. The molecule has 20 heavy (non-hydrogen) atoms. The number of carbonyl (C=O) groups is 1. The summed E-state index contributed by atoms with van der Waals surface area (Å²) in [6.07, 6.45) is 1.25. The van der Waals surface area contributed by atoms with Crippen LogP contribution in [0.5, 0.6) is 0 Å². The molecule has 0 fully saturated rings. The van der Waals surface area contributed by atoms with Crippen molar-refractivity contribution in [3.8, 4) is 0 Å². The van der Waals surface area contributed by atoms with Gasteiger partial charge in [0.1, 0.15) is 5.82 Å². The molecule has 0 saturated carbocycles. The second-order valence-electron chi connectivity index (χ2n) is 4.77. The van der Waals surface area contributed by atoms with Gasteiger partial charge in [-0.1, -0.05) is 0 Å². The van der Waals surface area contributed by atoms with Crippen molar-refractivity contribution < 1.29 is 13.9 Å². The second kappa shape index (κ2) is 7.06. The molecule has 6 heteroatoms. The maximum Gasteiger partial charge on any atom is 0.237 e. The summed E-state index contributed by atoms with van der Waals surface area (Å²) in [5.41, 5.74) is 6.64. The van der Waals surface area contributed by atoms with Crippen molar-refractivity contribution in [1.82, 2.24) is 5.32 Å². The fourth-order valence-corrected chi connectivity index (χ4v) is 3.28. The zero-order valence-corrected chi connectivity index (χ0v) is 12.2. The summed E-state index contributed by atoms with van der Waals surface area (Å²) in [6.45, 7) is 0.445. The Balaban J connectivity index is 2.04. The summed E-state index contributed by atoms with van der Waals surface area (Å²) in [7, 11) is 1.57. The molecule has 1 aromatic carbocycles. The molecule has 1 aromatic rings. The van der Waals surface area contributed by atoms with Crippen LogP contribution >= 0.6 is 11.8 Å². The number of carbonyl (C=O) groups excluding carboxylic acids is 1. The van der Waals surface area contributed by atoms with Crippen LogP contribution in [-0.4, -0.2) is 31.4 Å². The van der Waals surface area contributed by atoms with Gasteiger partial charge in [0.15, 0.2) is 0 Å². The standard InChI is InChI=1S/C14H19FN2O2S/c1-19-6-4-11(16)14(18)17-12-5-7-20-13-3-2-9(15)8-10(12)13/h2-3,8,11-12H,4-7,16H2,1H3,(H,17,18). The number of hydrogen-bond donors (Lipinski definition) is 2. The van der Waals surface area contributed by atoms with Crippen molar-refractivity contribution in [3.05, 3.63) is 29.6 Å². The maximum atomic E-state index is 13.4. The summed E-state index contributed by atoms with van der Waals surface area (Å²) < 4.78 is 18.3. The molecule has 2 atom stereocenters. The topological polar surface area (TPSA) is 64.3 Å². The summed E-state index contributed by atoms with van der Waals surface area (Å²) in [5, 5.41) is 2.91. The Labute approximate surface area is 122 Å². The molecule has 0 bridgehead atoms. The van der Waals surface area contributed by atoms with Crippen LogP contribution in [0.25, 0.3) is 0 Å². The molecule has 3 N–H and O–H groups in total. The smallest absolute Gasteiger partial charge is 0.237 e. The van der Waals surface area contributed by atoms with E-state index in [2.05, 4.69) is 5.32 Å². The molecule has 4 nitrogen and oxygen atoms in total. The first-order valence-electron chi connectivity index (χ1n) is 6.59. The molecule has 0 aromatic heterocycles. The number of rotatable bonds is 5. The molecule has 0 aliphatic carbocycles. The minimum Gasteiger partial charge on any atom is -0.385 e. The highest BCUT2D eigenvalue weighted by Crippen LogP contribution is 2.36. The summed E-state index contributed by atoms with van der Waals surface area (Å²) in [4.78, 5) is 13.0. The molecule has 1 heterocycles. The van der Waals surface area contributed by atoms with Crippen molar-refractivity contribution in [3.63, 3.8) is 0 Å². The minimum absolute atomic E-state index is 0.164. The van der Waals surface area contributed by atoms with Crippen LogP contribution in [-0.2, 0) is 9.53 Å². The van der Waals surface area contributed by atoms with Gasteiger partial charge >= 0.3 is 0 Å². The first kappa shape index (κ1) is 15.3. The Hall–Kier alpha value is -1.11. The van der Waals surface area contributed by atoms with Gasteiger partial charge in [0.25, 0.3) is 0 Å². The van der Waals surface area contributed by atoms with E-state index in [-0.39, 0.29) is 17.8 Å². The molecular formula is C14H19FN2O2S. The average molecular weight is 298 g/mol. The van der Waals surface area contributed by atoms with Crippen LogP contribution in [0.4, 0.5) is 4.39 Å². The van der Waals surface area contributed by atoms with Gasteiger partial charge in [0, 0.05) is 24.4 Å². The summed E-state index contributed by atoms with van der Waals surface area (Å²) in [6, 6.07) is 3.94. The Morgan fingerprint density at radius 3 is 3.20 bits per heavy atom. The lowest BCUT2D eigenvalue weighted by Crippen LogP contribution is -2.43. The lowest BCUT2D eigenvalue weighted by Gasteiger charge is -2.27. The van der Waals surface area contributed by atoms with E-state index < -0.39 is 6.04 Å². The molecule has 2 unspecified atom stereocenters. The van der Waals surface area contributed by atoms with Crippen LogP contribution in [0.3, 0.4) is 0 Å². The second-order valence-corrected chi connectivity index (χ2v) is 5.91. The number of nitrogens with two attached hydrogens (primary N) is 1. The number of hydrogen-bond acceptors (Lipinski definition) is 4. The SMILES string of the molecule is COCCC(N)C(=O)NC1CCSc2ccc(F)cc21. The van der Waals surface area contributed by atoms with E-state index >= 15 is 0 Å². The fourth-order valence-electron chi connectivity index (χ4n) is 2.17. The highest BCUT2D eigenvalue weighted by atomic mass is 32.2. The maximum absolute atomic E-state index is 13.4. The number of ether oxygens (including phenoxy) is 1. The number of benzene rings is 1. The Morgan fingerprint density at radius 1 is 1.65 bits per heavy atom. The zero-order valence-electron chi connectivity index (χ0n) is 11.4. The summed E-state index contributed by atoms with van der Waals surface area (Å²) in [5.74, 6) is 0.403. The molecule has 0 spiro atoms. The van der Waals surface area contributed by atoms with Gasteiger partial charge in [-0.05, 0) is 36.6 Å². The van der Waals surface area contributed by atoms with E-state index in [1.807, 2.05) is 0 Å². The van der Waals surface area contributed by atoms with Crippen LogP contribution in [0.1, 0.15) is 24.4 Å². The number of nitrogens with one attached hydrogen (secondary N) is 1. The first-order chi connectivity index (χ1) is 9.61. The van der Waals surface area contributed by atoms with Gasteiger partial charge in [-0.25, -0.2) is 4.39 Å². The first-order valence-corrected chi connectivity index (χ1v) is 7.57. The molecule has 1 aliphatic rings. The predicted octanol–water partition coefficient (Wildman–Crippen LogP) is 1.84. The molecule has 0 saturated heterocycles. The van der Waals surface area contributed by atoms with Crippen LogP contribution in [0, 0.1) is 5.82 Å². The van der Waals surface area contributed by atoms with Crippen LogP contribution in [0.15, 0.2) is 23.1 Å². The fraction of sp³-hybridized carbons (Fsp3) is 0.500. The molecule has 1 amide bonds. The minimum atomic E-state index is -0.596. The van der Waals surface area contributed by atoms with Crippen molar-refractivity contribution in [1.29, 1.82) is 0 Å². The summed E-state index contributed by atoms with van der Waals surface area (Å²) >= 11 is 1.68. The predicted molar refractivity (Wildman–Crippen MR) is 77.1 cm³/mol. The van der Waals surface area contributed by atoms with Gasteiger partial charge in [-0.3, -0.25) is 4.79 Å². The van der Waals surface area contributed by atoms with E-state index in [9.17, 15) is 9.18 Å². The number of thioether (sulfide) groups is 1. The van der Waals surface area contributed by atoms with Crippen molar-refractivity contribution >= 4 is 17.7 Å². The normalized spacial score (nSPS) is 19.2. The van der Waals surface area contributed by atoms with E-state index in [0.717, 1.165) is 22.6 Å². The number of halogens is 1. The van der Waals surface area contributed by atoms with Gasteiger partial charge in [0.05, 0.1) is 12.1 Å². The van der Waals surface area contributed by atoms with Crippen molar-refractivity contribution in [2.45, 2.75) is 29.8 Å². The molecule has 1 aliphatic heterocycles. The lowest BCUT2D eigenvalue weighted by atomic mass is 10.0. The zero-order chi connectivity index (χ0) is 14.5. The molecule has 0 radical (unpaired) electrons. The van der Waals surface area contributed by atoms with E-state index in [0.29, 0.717) is 13.0 Å². The van der Waals surface area contributed by atoms with Crippen LogP contribution < -0.4 is 11.1 Å². The molecule has 110 valence electrons. The number of methoxy groups -OCH3 is 1. The lowest BCUT2D eigenvalue weighted by molar-refractivity contribution is -0.123. The largest absolute Gasteiger partial charge is 0.385 e. The number of fused-ring (bicyclic) bond motifs is 1. The van der Waals surface area contributed by atoms with E-state index in [4.69, 9.17) is 10.5 Å². The highest BCUT2D eigenvalue weighted by Gasteiger charge is 2.24. The third kappa shape index (κ3) is 3.71. The van der Waals surface area contributed by atoms with Gasteiger partial charge in [-0.15, -0.1) is 11.8 Å². The quantitative estimate of drug-likeness (QED) is 0.870. The van der Waals surface area contributed by atoms with Gasteiger partial charge < -0.3 is 15.8 Å². The molecule has 2 rings (SSSR count). The Kier molecular flexibility index (Phi) is 5.39. The third-order valence-corrected chi connectivity index (χ3v) is 4.42. The Morgan fingerprint density at radius 2 is 2.45 bits per heavy atom. The highest BCUT2D eigenvalue weighted by molar-refractivity contribution is 7.99. The monoisotopic (exact) mass is 298 g/mol. The van der Waals surface area contributed by atoms with Crippen molar-refractivity contribution in [2.75, 3.05) is 19.5 Å². The average Bonchev–Trinajstić information content (AvgIpc) is 2.45. The van der Waals surface area contributed by atoms with Gasteiger partial charge in [-0.2, -0.15) is 0 Å². The van der Waals surface area contributed by atoms with E-state index in [1.165, 1.54) is 12.1 Å². The van der Waals surface area contributed by atoms with Gasteiger partial charge in [0.2, 0.25) is 5.91 Å². The third-order valence-electron chi connectivity index (χ3n) is 3.30. The van der Waals surface area contributed by atoms with Crippen LogP contribution in [0.2, 0.25) is 0 Å². The Bertz CT molecular complexity index is 484.